The normalized spacial score (nSPS) is 18.7. The van der Waals surface area contributed by atoms with Crippen LogP contribution in [0.5, 0.6) is 0 Å². The third-order valence-corrected chi connectivity index (χ3v) is 4.35. The summed E-state index contributed by atoms with van der Waals surface area (Å²) in [6, 6.07) is 0. The summed E-state index contributed by atoms with van der Waals surface area (Å²) in [7, 11) is 1.98. The van der Waals surface area contributed by atoms with Crippen LogP contribution in [0.3, 0.4) is 0 Å². The summed E-state index contributed by atoms with van der Waals surface area (Å²) < 4.78 is 1.99. The minimum atomic E-state index is 0.544. The predicted molar refractivity (Wildman–Crippen MR) is 94.2 cm³/mol. The van der Waals surface area contributed by atoms with Crippen molar-refractivity contribution in [2.75, 3.05) is 19.6 Å². The van der Waals surface area contributed by atoms with E-state index in [0.29, 0.717) is 6.54 Å². The molecular weight excluding hydrogens is 288 g/mol. The number of rotatable bonds is 6. The van der Waals surface area contributed by atoms with Gasteiger partial charge in [-0.25, -0.2) is 4.99 Å². The third kappa shape index (κ3) is 4.81. The highest BCUT2D eigenvalue weighted by atomic mass is 15.3. The Kier molecular flexibility index (Phi) is 6.19. The molecule has 1 saturated heterocycles. The van der Waals surface area contributed by atoms with E-state index in [1.807, 2.05) is 24.6 Å². The van der Waals surface area contributed by atoms with Gasteiger partial charge in [0.25, 0.3) is 0 Å². The van der Waals surface area contributed by atoms with Crippen molar-refractivity contribution in [3.63, 3.8) is 0 Å². The van der Waals surface area contributed by atoms with Crippen molar-refractivity contribution in [3.05, 3.63) is 24.3 Å². The highest BCUT2D eigenvalue weighted by Crippen LogP contribution is 2.23. The Hall–Kier alpha value is -1.85. The smallest absolute Gasteiger partial charge is 0.194 e. The van der Waals surface area contributed by atoms with Crippen molar-refractivity contribution in [1.29, 1.82) is 0 Å². The first-order valence-electron chi connectivity index (χ1n) is 8.50. The van der Waals surface area contributed by atoms with Crippen molar-refractivity contribution in [3.8, 4) is 0 Å². The molecule has 1 aromatic heterocycles. The fourth-order valence-corrected chi connectivity index (χ4v) is 3.05. The van der Waals surface area contributed by atoms with E-state index < -0.39 is 0 Å². The Morgan fingerprint density at radius 1 is 1.48 bits per heavy atom. The van der Waals surface area contributed by atoms with Gasteiger partial charge in [0.15, 0.2) is 11.8 Å². The lowest BCUT2D eigenvalue weighted by Crippen LogP contribution is -2.40. The Labute approximate surface area is 139 Å². The van der Waals surface area contributed by atoms with Gasteiger partial charge >= 0.3 is 0 Å². The van der Waals surface area contributed by atoms with Gasteiger partial charge in [-0.3, -0.25) is 0 Å². The lowest BCUT2D eigenvalue weighted by Gasteiger charge is -2.22. The van der Waals surface area contributed by atoms with Gasteiger partial charge in [0.05, 0.1) is 0 Å². The number of likely N-dealkylation sites (tertiary alicyclic amines) is 1. The fraction of sp³-hybridized carbons (Fsp3) is 0.706. The molecule has 1 unspecified atom stereocenters. The van der Waals surface area contributed by atoms with E-state index in [1.54, 1.807) is 0 Å². The standard InChI is InChI=1S/C17H30N6/c1-6-8-18-17(19-11-16-21-20-14(4)22(16)5)23-9-7-15(12-23)10-13(2)3/h6,13,15H,1,7-12H2,2-5H3,(H,18,19). The van der Waals surface area contributed by atoms with Crippen LogP contribution in [0.2, 0.25) is 0 Å². The van der Waals surface area contributed by atoms with E-state index in [2.05, 4.69) is 40.8 Å². The molecule has 0 aliphatic carbocycles. The van der Waals surface area contributed by atoms with Crippen LogP contribution in [-0.2, 0) is 13.6 Å². The predicted octanol–water partition coefficient (Wildman–Crippen LogP) is 2.12. The summed E-state index contributed by atoms with van der Waals surface area (Å²) in [4.78, 5) is 7.12. The molecule has 0 saturated carbocycles. The van der Waals surface area contributed by atoms with Gasteiger partial charge in [-0.05, 0) is 31.6 Å². The number of nitrogens with one attached hydrogen (secondary N) is 1. The lowest BCUT2D eigenvalue weighted by molar-refractivity contribution is 0.404. The van der Waals surface area contributed by atoms with E-state index in [4.69, 9.17) is 4.99 Å². The fourth-order valence-electron chi connectivity index (χ4n) is 3.05. The average Bonchev–Trinajstić information content (AvgIpc) is 3.08. The average molecular weight is 318 g/mol. The molecule has 0 radical (unpaired) electrons. The van der Waals surface area contributed by atoms with Crippen molar-refractivity contribution < 1.29 is 0 Å². The van der Waals surface area contributed by atoms with Crippen molar-refractivity contribution in [2.45, 2.75) is 40.2 Å². The van der Waals surface area contributed by atoms with E-state index in [-0.39, 0.29) is 0 Å². The molecule has 2 rings (SSSR count). The minimum Gasteiger partial charge on any atom is -0.353 e. The molecule has 2 heterocycles. The molecule has 1 fully saturated rings. The Morgan fingerprint density at radius 2 is 2.26 bits per heavy atom. The number of aryl methyl sites for hydroxylation is 1. The van der Waals surface area contributed by atoms with Gasteiger partial charge in [0, 0.05) is 26.7 Å². The Balaban J connectivity index is 2.03. The number of aromatic nitrogens is 3. The highest BCUT2D eigenvalue weighted by Gasteiger charge is 2.25. The number of aliphatic imine (C=N–C) groups is 1. The molecule has 1 aliphatic rings. The van der Waals surface area contributed by atoms with Crippen LogP contribution < -0.4 is 5.32 Å². The molecule has 0 bridgehead atoms. The van der Waals surface area contributed by atoms with Gasteiger partial charge in [-0.2, -0.15) is 0 Å². The number of hydrogen-bond donors (Lipinski definition) is 1. The molecule has 23 heavy (non-hydrogen) atoms. The molecule has 0 aromatic carbocycles. The Bertz CT molecular complexity index is 545. The van der Waals surface area contributed by atoms with E-state index >= 15 is 0 Å². The second-order valence-electron chi connectivity index (χ2n) is 6.76. The molecule has 0 amide bonds. The van der Waals surface area contributed by atoms with Gasteiger partial charge in [0.1, 0.15) is 12.4 Å². The minimum absolute atomic E-state index is 0.544. The number of nitrogens with zero attached hydrogens (tertiary/aromatic N) is 5. The van der Waals surface area contributed by atoms with Gasteiger partial charge < -0.3 is 14.8 Å². The highest BCUT2D eigenvalue weighted by molar-refractivity contribution is 5.80. The van der Waals surface area contributed by atoms with Crippen LogP contribution in [0.15, 0.2) is 17.6 Å². The summed E-state index contributed by atoms with van der Waals surface area (Å²) in [5, 5.41) is 11.7. The molecule has 1 atom stereocenters. The van der Waals surface area contributed by atoms with Crippen molar-refractivity contribution in [1.82, 2.24) is 25.0 Å². The molecule has 1 N–H and O–H groups in total. The molecule has 6 heteroatoms. The van der Waals surface area contributed by atoms with Crippen molar-refractivity contribution >= 4 is 5.96 Å². The lowest BCUT2D eigenvalue weighted by atomic mass is 9.97. The monoisotopic (exact) mass is 318 g/mol. The maximum atomic E-state index is 4.76. The van der Waals surface area contributed by atoms with E-state index in [9.17, 15) is 0 Å². The van der Waals surface area contributed by atoms with Crippen molar-refractivity contribution in [2.24, 2.45) is 23.9 Å². The molecule has 1 aromatic rings. The summed E-state index contributed by atoms with van der Waals surface area (Å²) in [6.45, 7) is 13.7. The van der Waals surface area contributed by atoms with E-state index in [1.165, 1.54) is 12.8 Å². The second kappa shape index (κ2) is 8.13. The molecule has 1 aliphatic heterocycles. The number of guanidine groups is 1. The van der Waals surface area contributed by atoms with Crippen LogP contribution in [0.25, 0.3) is 0 Å². The quantitative estimate of drug-likeness (QED) is 0.496. The largest absolute Gasteiger partial charge is 0.353 e. The SMILES string of the molecule is C=CCNC(=NCc1nnc(C)n1C)N1CCC(CC(C)C)C1. The van der Waals surface area contributed by atoms with Crippen LogP contribution >= 0.6 is 0 Å². The first-order valence-corrected chi connectivity index (χ1v) is 8.50. The zero-order valence-electron chi connectivity index (χ0n) is 14.9. The maximum absolute atomic E-state index is 4.76. The second-order valence-corrected chi connectivity index (χ2v) is 6.76. The van der Waals surface area contributed by atoms with Gasteiger partial charge in [0.2, 0.25) is 0 Å². The zero-order valence-corrected chi connectivity index (χ0v) is 14.9. The molecule has 128 valence electrons. The number of hydrogen-bond acceptors (Lipinski definition) is 3. The van der Waals surface area contributed by atoms with Gasteiger partial charge in [-0.15, -0.1) is 16.8 Å². The summed E-state index contributed by atoms with van der Waals surface area (Å²) in [5.41, 5.74) is 0. The Morgan fingerprint density at radius 3 is 2.87 bits per heavy atom. The van der Waals surface area contributed by atoms with Crippen LogP contribution in [-0.4, -0.2) is 45.3 Å². The summed E-state index contributed by atoms with van der Waals surface area (Å²) in [6.07, 6.45) is 4.40. The molecule has 0 spiro atoms. The molecule has 6 nitrogen and oxygen atoms in total. The first-order chi connectivity index (χ1) is 11.0. The summed E-state index contributed by atoms with van der Waals surface area (Å²) >= 11 is 0. The third-order valence-electron chi connectivity index (χ3n) is 4.35. The first kappa shape index (κ1) is 17.5. The molecular formula is C17H30N6. The van der Waals surface area contributed by atoms with Crippen LogP contribution in [0.4, 0.5) is 0 Å². The zero-order chi connectivity index (χ0) is 16.8. The van der Waals surface area contributed by atoms with Crippen LogP contribution in [0.1, 0.15) is 38.3 Å². The van der Waals surface area contributed by atoms with Crippen LogP contribution in [0, 0.1) is 18.8 Å². The summed E-state index contributed by atoms with van der Waals surface area (Å²) in [5.74, 6) is 4.27. The maximum Gasteiger partial charge on any atom is 0.194 e. The topological polar surface area (TPSA) is 58.3 Å². The van der Waals surface area contributed by atoms with Gasteiger partial charge in [-0.1, -0.05) is 19.9 Å². The van der Waals surface area contributed by atoms with E-state index in [0.717, 1.165) is 49.1 Å².